The van der Waals surface area contributed by atoms with Gasteiger partial charge in [-0.25, -0.2) is 8.42 Å². The topological polar surface area (TPSA) is 49.4 Å². The summed E-state index contributed by atoms with van der Waals surface area (Å²) >= 11 is 3.33. The number of hydrogen-bond acceptors (Lipinski definition) is 3. The molecule has 0 heterocycles. The molecule has 2 rings (SSSR count). The van der Waals surface area contributed by atoms with E-state index in [2.05, 4.69) is 27.2 Å². The molecule has 0 bridgehead atoms. The maximum absolute atomic E-state index is 12.7. The maximum atomic E-state index is 12.7. The molecule has 0 aromatic heterocycles. The molecular formula is C15H19BrN2O2S. The second-order valence-corrected chi connectivity index (χ2v) is 7.82. The number of nitrogens with one attached hydrogen (secondary N) is 1. The molecule has 0 spiro atoms. The van der Waals surface area contributed by atoms with Crippen LogP contribution < -0.4 is 5.32 Å². The number of nitrogens with zero attached hydrogens (tertiary/aromatic N) is 1. The molecule has 4 nitrogen and oxygen atoms in total. The molecule has 6 heteroatoms. The summed E-state index contributed by atoms with van der Waals surface area (Å²) in [6.07, 6.45) is 7.66. The third-order valence-corrected chi connectivity index (χ3v) is 6.32. The average Bonchev–Trinajstić information content (AvgIpc) is 3.27. The van der Waals surface area contributed by atoms with Crippen LogP contribution in [0.2, 0.25) is 0 Å². The SMILES string of the molecule is C#CCN(CC)S(=O)(=O)c1cc(CNC2CC2)ccc1Br. The summed E-state index contributed by atoms with van der Waals surface area (Å²) < 4.78 is 27.2. The minimum atomic E-state index is -3.57. The smallest absolute Gasteiger partial charge is 0.245 e. The molecule has 1 saturated carbocycles. The van der Waals surface area contributed by atoms with Crippen molar-refractivity contribution in [3.05, 3.63) is 28.2 Å². The molecule has 0 saturated heterocycles. The van der Waals surface area contributed by atoms with Crippen molar-refractivity contribution in [2.45, 2.75) is 37.2 Å². The zero-order chi connectivity index (χ0) is 15.5. The summed E-state index contributed by atoms with van der Waals surface area (Å²) in [7, 11) is -3.57. The van der Waals surface area contributed by atoms with E-state index in [9.17, 15) is 8.42 Å². The van der Waals surface area contributed by atoms with Gasteiger partial charge in [0.2, 0.25) is 10.0 Å². The Bertz CT molecular complexity index is 648. The van der Waals surface area contributed by atoms with Gasteiger partial charge in [0.25, 0.3) is 0 Å². The summed E-state index contributed by atoms with van der Waals surface area (Å²) in [5.41, 5.74) is 0.959. The monoisotopic (exact) mass is 370 g/mol. The van der Waals surface area contributed by atoms with E-state index in [0.29, 0.717) is 23.6 Å². The number of sulfonamides is 1. The number of terminal acetylenes is 1. The van der Waals surface area contributed by atoms with Crippen LogP contribution in [-0.4, -0.2) is 31.9 Å². The lowest BCUT2D eigenvalue weighted by Gasteiger charge is -2.19. The lowest BCUT2D eigenvalue weighted by molar-refractivity contribution is 0.463. The lowest BCUT2D eigenvalue weighted by Crippen LogP contribution is -2.31. The van der Waals surface area contributed by atoms with Gasteiger partial charge in [-0.05, 0) is 46.5 Å². The van der Waals surface area contributed by atoms with Crippen LogP contribution in [0.1, 0.15) is 25.3 Å². The van der Waals surface area contributed by atoms with E-state index in [1.54, 1.807) is 19.1 Å². The average molecular weight is 371 g/mol. The predicted octanol–water partition coefficient (Wildman–Crippen LogP) is 2.34. The highest BCUT2D eigenvalue weighted by molar-refractivity contribution is 9.10. The number of hydrogen-bond donors (Lipinski definition) is 1. The van der Waals surface area contributed by atoms with Crippen molar-refractivity contribution >= 4 is 26.0 Å². The Kier molecular flexibility index (Phi) is 5.44. The maximum Gasteiger partial charge on any atom is 0.245 e. The Hall–Kier alpha value is -0.870. The van der Waals surface area contributed by atoms with E-state index in [1.165, 1.54) is 17.1 Å². The van der Waals surface area contributed by atoms with Crippen molar-refractivity contribution in [3.63, 3.8) is 0 Å². The van der Waals surface area contributed by atoms with Gasteiger partial charge in [-0.3, -0.25) is 0 Å². The Morgan fingerprint density at radius 1 is 1.48 bits per heavy atom. The van der Waals surface area contributed by atoms with Crippen LogP contribution in [0.5, 0.6) is 0 Å². The van der Waals surface area contributed by atoms with E-state index >= 15 is 0 Å². The molecular weight excluding hydrogens is 352 g/mol. The minimum Gasteiger partial charge on any atom is -0.310 e. The van der Waals surface area contributed by atoms with Crippen LogP contribution in [0.3, 0.4) is 0 Å². The summed E-state index contributed by atoms with van der Waals surface area (Å²) in [6.45, 7) is 2.89. The van der Waals surface area contributed by atoms with Gasteiger partial charge >= 0.3 is 0 Å². The largest absolute Gasteiger partial charge is 0.310 e. The van der Waals surface area contributed by atoms with Crippen LogP contribution in [-0.2, 0) is 16.6 Å². The summed E-state index contributed by atoms with van der Waals surface area (Å²) in [5.74, 6) is 2.40. The van der Waals surface area contributed by atoms with Gasteiger partial charge in [-0.15, -0.1) is 6.42 Å². The Balaban J connectivity index is 2.27. The highest BCUT2D eigenvalue weighted by Gasteiger charge is 2.25. The van der Waals surface area contributed by atoms with Crippen molar-refractivity contribution in [2.24, 2.45) is 0 Å². The first-order valence-corrected chi connectivity index (χ1v) is 9.17. The summed E-state index contributed by atoms with van der Waals surface area (Å²) in [5, 5.41) is 3.38. The Morgan fingerprint density at radius 3 is 2.76 bits per heavy atom. The fourth-order valence-electron chi connectivity index (χ4n) is 2.01. The standard InChI is InChI=1S/C15H19BrN2O2S/c1-3-9-18(4-2)21(19,20)15-10-12(5-8-14(15)16)11-17-13-6-7-13/h1,5,8,10,13,17H,4,6-7,9,11H2,2H3. The van der Waals surface area contributed by atoms with E-state index in [4.69, 9.17) is 6.42 Å². The minimum absolute atomic E-state index is 0.0792. The first-order chi connectivity index (χ1) is 9.98. The fraction of sp³-hybridized carbons (Fsp3) is 0.467. The number of benzene rings is 1. The molecule has 21 heavy (non-hydrogen) atoms. The van der Waals surface area contributed by atoms with Crippen molar-refractivity contribution < 1.29 is 8.42 Å². The molecule has 1 aromatic rings. The van der Waals surface area contributed by atoms with E-state index < -0.39 is 10.0 Å². The fourth-order valence-corrected chi connectivity index (χ4v) is 4.35. The van der Waals surface area contributed by atoms with Gasteiger partial charge in [0, 0.05) is 23.6 Å². The number of halogens is 1. The Morgan fingerprint density at radius 2 is 2.19 bits per heavy atom. The van der Waals surface area contributed by atoms with E-state index in [0.717, 1.165) is 5.56 Å². The van der Waals surface area contributed by atoms with Crippen molar-refractivity contribution in [3.8, 4) is 12.3 Å². The predicted molar refractivity (Wildman–Crippen MR) is 87.3 cm³/mol. The Labute approximate surface area is 135 Å². The van der Waals surface area contributed by atoms with E-state index in [-0.39, 0.29) is 11.4 Å². The summed E-state index contributed by atoms with van der Waals surface area (Å²) in [4.78, 5) is 0.273. The van der Waals surface area contributed by atoms with Crippen LogP contribution in [0, 0.1) is 12.3 Å². The normalized spacial score (nSPS) is 15.1. The third-order valence-electron chi connectivity index (χ3n) is 3.41. The first kappa shape index (κ1) is 16.5. The molecule has 1 fully saturated rings. The molecule has 114 valence electrons. The van der Waals surface area contributed by atoms with Crippen LogP contribution in [0.4, 0.5) is 0 Å². The van der Waals surface area contributed by atoms with Crippen LogP contribution in [0.15, 0.2) is 27.6 Å². The molecule has 0 atom stereocenters. The molecule has 0 unspecified atom stereocenters. The lowest BCUT2D eigenvalue weighted by atomic mass is 10.2. The molecule has 0 radical (unpaired) electrons. The molecule has 1 aliphatic rings. The molecule has 0 aliphatic heterocycles. The van der Waals surface area contributed by atoms with Gasteiger partial charge in [0.05, 0.1) is 11.4 Å². The number of rotatable bonds is 7. The molecule has 0 amide bonds. The van der Waals surface area contributed by atoms with Crippen molar-refractivity contribution in [1.29, 1.82) is 0 Å². The van der Waals surface area contributed by atoms with Gasteiger partial charge < -0.3 is 5.32 Å². The third kappa shape index (κ3) is 4.07. The zero-order valence-corrected chi connectivity index (χ0v) is 14.4. The molecule has 1 N–H and O–H groups in total. The van der Waals surface area contributed by atoms with Gasteiger partial charge in [0.1, 0.15) is 0 Å². The molecule has 1 aliphatic carbocycles. The van der Waals surface area contributed by atoms with Crippen LogP contribution in [0.25, 0.3) is 0 Å². The second kappa shape index (κ2) is 6.93. The van der Waals surface area contributed by atoms with E-state index in [1.807, 2.05) is 6.07 Å². The second-order valence-electron chi connectivity index (χ2n) is 5.06. The van der Waals surface area contributed by atoms with Gasteiger partial charge in [-0.1, -0.05) is 18.9 Å². The first-order valence-electron chi connectivity index (χ1n) is 6.94. The zero-order valence-electron chi connectivity index (χ0n) is 12.0. The quantitative estimate of drug-likeness (QED) is 0.749. The molecule has 1 aromatic carbocycles. The van der Waals surface area contributed by atoms with Crippen molar-refractivity contribution in [2.75, 3.05) is 13.1 Å². The highest BCUT2D eigenvalue weighted by Crippen LogP contribution is 2.27. The highest BCUT2D eigenvalue weighted by atomic mass is 79.9. The van der Waals surface area contributed by atoms with Crippen molar-refractivity contribution in [1.82, 2.24) is 9.62 Å². The summed E-state index contributed by atoms with van der Waals surface area (Å²) in [6, 6.07) is 6.01. The van der Waals surface area contributed by atoms with Crippen LogP contribution >= 0.6 is 15.9 Å². The van der Waals surface area contributed by atoms with Gasteiger partial charge in [-0.2, -0.15) is 4.31 Å². The van der Waals surface area contributed by atoms with Gasteiger partial charge in [0.15, 0.2) is 0 Å².